The van der Waals surface area contributed by atoms with Gasteiger partial charge in [-0.05, 0) is 0 Å². The molecule has 0 aliphatic heterocycles. The molecule has 0 bridgehead atoms. The van der Waals surface area contributed by atoms with Gasteiger partial charge in [-0.1, -0.05) is 0 Å². The Labute approximate surface area is 47.6 Å². The molecule has 0 spiro atoms. The molecule has 0 heterocycles. The van der Waals surface area contributed by atoms with Crippen LogP contribution in [0.1, 0.15) is 13.3 Å². The van der Waals surface area contributed by atoms with Gasteiger partial charge in [-0.25, -0.2) is 0 Å². The molecule has 0 aromatic carbocycles. The van der Waals surface area contributed by atoms with E-state index in [2.05, 4.69) is 6.92 Å². The van der Waals surface area contributed by atoms with E-state index in [0.717, 1.165) is 6.42 Å². The van der Waals surface area contributed by atoms with Gasteiger partial charge < -0.3 is 0 Å². The number of ether oxygens (including phenoxy) is 1. The summed E-state index contributed by atoms with van der Waals surface area (Å²) in [5, 5.41) is 0. The predicted molar refractivity (Wildman–Crippen MR) is 29.6 cm³/mol. The molecule has 1 nitrogen and oxygen atoms in total. The van der Waals surface area contributed by atoms with Gasteiger partial charge in [0, 0.05) is 0 Å². The quantitative estimate of drug-likeness (QED) is 0.503. The Bertz CT molecular complexity index is 26.7. The van der Waals surface area contributed by atoms with Crippen LogP contribution in [0.5, 0.6) is 0 Å². The van der Waals surface area contributed by atoms with Gasteiger partial charge in [-0.2, -0.15) is 0 Å². The van der Waals surface area contributed by atoms with Crippen LogP contribution in [0.2, 0.25) is 0 Å². The Morgan fingerprint density at radius 2 is 2.33 bits per heavy atom. The second-order valence-electron chi connectivity index (χ2n) is 1.18. The summed E-state index contributed by atoms with van der Waals surface area (Å²) in [4.78, 5) is 0.498. The van der Waals surface area contributed by atoms with E-state index in [1.807, 2.05) is 0 Å². The third-order valence-electron chi connectivity index (χ3n) is 0.705. The predicted octanol–water partition coefficient (Wildman–Crippen LogP) is 0.00200. The fourth-order valence-electron chi connectivity index (χ4n) is 0.167. The maximum atomic E-state index is 4.93. The van der Waals surface area contributed by atoms with E-state index in [4.69, 9.17) is 4.74 Å². The van der Waals surface area contributed by atoms with E-state index in [9.17, 15) is 0 Å². The second kappa shape index (κ2) is 3.70. The third kappa shape index (κ3) is 2.74. The van der Waals surface area contributed by atoms with Gasteiger partial charge in [-0.15, -0.1) is 0 Å². The monoisotopic (exact) mass is 150 g/mol. The normalized spacial score (nSPS) is 14.5. The van der Waals surface area contributed by atoms with Gasteiger partial charge in [0.05, 0.1) is 0 Å². The molecule has 0 aromatic heterocycles. The van der Waals surface area contributed by atoms with Crippen LogP contribution in [0.25, 0.3) is 0 Å². The summed E-state index contributed by atoms with van der Waals surface area (Å²) in [6.07, 6.45) is 1.14. The standard InChI is InChI=1S/C4H11AsO/c1-3-4(5)6-2/h4H,3,5H2,1-2H3. The molecule has 6 heavy (non-hydrogen) atoms. The molecule has 2 atom stereocenters. The first-order chi connectivity index (χ1) is 2.81. The van der Waals surface area contributed by atoms with E-state index in [1.165, 1.54) is 0 Å². The Hall–Kier alpha value is 0.518. The fourth-order valence-corrected chi connectivity index (χ4v) is 0.167. The molecule has 0 aromatic rings. The molecule has 0 aliphatic carbocycles. The van der Waals surface area contributed by atoms with Crippen molar-refractivity contribution in [3.05, 3.63) is 0 Å². The van der Waals surface area contributed by atoms with Crippen molar-refractivity contribution in [2.75, 3.05) is 7.11 Å². The SMILES string of the molecule is CCC([AsH2])OC. The first-order valence-corrected chi connectivity index (χ1v) is 3.49. The Morgan fingerprint density at radius 3 is 2.33 bits per heavy atom. The molecule has 2 heteroatoms. The van der Waals surface area contributed by atoms with Crippen molar-refractivity contribution in [2.45, 2.75) is 18.2 Å². The first kappa shape index (κ1) is 6.52. The second-order valence-corrected chi connectivity index (χ2v) is 2.74. The number of rotatable bonds is 2. The van der Waals surface area contributed by atoms with Gasteiger partial charge in [0.2, 0.25) is 0 Å². The molecule has 0 aliphatic rings. The summed E-state index contributed by atoms with van der Waals surface area (Å²) in [7, 11) is 1.75. The zero-order valence-corrected chi connectivity index (χ0v) is 6.69. The van der Waals surface area contributed by atoms with Crippen LogP contribution >= 0.6 is 0 Å². The summed E-state index contributed by atoms with van der Waals surface area (Å²) in [5.74, 6) is 0. The van der Waals surface area contributed by atoms with Crippen molar-refractivity contribution in [3.8, 4) is 0 Å². The summed E-state index contributed by atoms with van der Waals surface area (Å²) in [5.41, 5.74) is 0. The van der Waals surface area contributed by atoms with Crippen molar-refractivity contribution >= 4 is 16.9 Å². The summed E-state index contributed by atoms with van der Waals surface area (Å²) in [6, 6.07) is 0. The third-order valence-corrected chi connectivity index (χ3v) is 2.27. The Morgan fingerprint density at radius 1 is 1.83 bits per heavy atom. The van der Waals surface area contributed by atoms with E-state index in [0.29, 0.717) is 4.89 Å². The van der Waals surface area contributed by atoms with E-state index in [-0.39, 0.29) is 0 Å². The average molecular weight is 150 g/mol. The molecular weight excluding hydrogens is 139 g/mol. The summed E-state index contributed by atoms with van der Waals surface area (Å²) in [6.45, 7) is 2.12. The Kier molecular flexibility index (Phi) is 4.02. The molecule has 2 unspecified atom stereocenters. The molecule has 0 radical (unpaired) electrons. The van der Waals surface area contributed by atoms with Crippen LogP contribution in [0.4, 0.5) is 0 Å². The molecule has 38 valence electrons. The van der Waals surface area contributed by atoms with Crippen LogP contribution in [0.15, 0.2) is 0 Å². The minimum absolute atomic E-state index is 0.498. The van der Waals surface area contributed by atoms with Crippen LogP contribution in [0.3, 0.4) is 0 Å². The number of hydrogen-bond acceptors (Lipinski definition) is 1. The molecule has 0 fully saturated rings. The molecule has 0 rings (SSSR count). The molecular formula is C4H11AsO. The van der Waals surface area contributed by atoms with Crippen molar-refractivity contribution in [3.63, 3.8) is 0 Å². The molecule has 0 amide bonds. The average Bonchev–Trinajstić information content (AvgIpc) is 1.65. The van der Waals surface area contributed by atoms with Gasteiger partial charge in [0.15, 0.2) is 0 Å². The van der Waals surface area contributed by atoms with E-state index >= 15 is 0 Å². The van der Waals surface area contributed by atoms with Crippen molar-refractivity contribution < 1.29 is 4.74 Å². The fraction of sp³-hybridized carbons (Fsp3) is 1.00. The molecule has 0 saturated heterocycles. The summed E-state index contributed by atoms with van der Waals surface area (Å²) < 4.78 is 4.93. The Balaban J connectivity index is 2.75. The summed E-state index contributed by atoms with van der Waals surface area (Å²) >= 11 is 1.66. The van der Waals surface area contributed by atoms with Crippen LogP contribution in [-0.2, 0) is 4.74 Å². The zero-order valence-electron chi connectivity index (χ0n) is 4.27. The molecule has 0 saturated carbocycles. The van der Waals surface area contributed by atoms with Crippen LogP contribution in [-0.4, -0.2) is 28.9 Å². The van der Waals surface area contributed by atoms with Gasteiger partial charge >= 0.3 is 46.9 Å². The van der Waals surface area contributed by atoms with Crippen molar-refractivity contribution in [1.82, 2.24) is 0 Å². The number of methoxy groups -OCH3 is 1. The number of hydrogen-bond donors (Lipinski definition) is 0. The van der Waals surface area contributed by atoms with Gasteiger partial charge in [0.1, 0.15) is 0 Å². The van der Waals surface area contributed by atoms with Gasteiger partial charge in [-0.3, -0.25) is 0 Å². The maximum absolute atomic E-state index is 4.93. The topological polar surface area (TPSA) is 9.23 Å². The van der Waals surface area contributed by atoms with Crippen LogP contribution in [0, 0.1) is 0 Å². The van der Waals surface area contributed by atoms with E-state index in [1.54, 1.807) is 24.0 Å². The van der Waals surface area contributed by atoms with Crippen molar-refractivity contribution in [2.24, 2.45) is 0 Å². The zero-order chi connectivity index (χ0) is 4.99. The van der Waals surface area contributed by atoms with Crippen molar-refractivity contribution in [1.29, 1.82) is 0 Å². The first-order valence-electron chi connectivity index (χ1n) is 2.09. The van der Waals surface area contributed by atoms with Crippen LogP contribution < -0.4 is 0 Å². The molecule has 0 N–H and O–H groups in total. The van der Waals surface area contributed by atoms with E-state index < -0.39 is 0 Å². The van der Waals surface area contributed by atoms with Gasteiger partial charge in [0.25, 0.3) is 0 Å². The minimum atomic E-state index is 0.498.